The van der Waals surface area contributed by atoms with E-state index < -0.39 is 0 Å². The molecule has 0 aromatic heterocycles. The van der Waals surface area contributed by atoms with E-state index in [1.54, 1.807) is 5.92 Å². The maximum absolute atomic E-state index is 2.31. The minimum Gasteiger partial charge on any atom is -0.342 e. The fraction of sp³-hybridized carbons (Fsp3) is 0.857. The Morgan fingerprint density at radius 3 is 2.00 bits per heavy atom. The first kappa shape index (κ1) is 6.09. The summed E-state index contributed by atoms with van der Waals surface area (Å²) in [5.41, 5.74) is 0. The standard InChI is InChI=1S/C7H15N/c1-7(2)6-8(3)4-5-8/h4-6H2,1-3H3. The second-order valence-electron chi connectivity index (χ2n) is 3.43. The van der Waals surface area contributed by atoms with Crippen LogP contribution in [-0.2, 0) is 0 Å². The van der Waals surface area contributed by atoms with Gasteiger partial charge in [-0.25, -0.2) is 0 Å². The first-order valence-electron chi connectivity index (χ1n) is 3.25. The van der Waals surface area contributed by atoms with Crippen LogP contribution < -0.4 is 0 Å². The lowest BCUT2D eigenvalue weighted by Gasteiger charge is -2.23. The lowest BCUT2D eigenvalue weighted by Crippen LogP contribution is -2.23. The van der Waals surface area contributed by atoms with Crippen LogP contribution in [0.15, 0.2) is 0 Å². The summed E-state index contributed by atoms with van der Waals surface area (Å²) >= 11 is 0. The quantitative estimate of drug-likeness (QED) is 0.285. The van der Waals surface area contributed by atoms with Crippen LogP contribution in [0.4, 0.5) is 0 Å². The summed E-state index contributed by atoms with van der Waals surface area (Å²) in [4.78, 5) is 0. The molecule has 0 spiro atoms. The van der Waals surface area contributed by atoms with Crippen LogP contribution in [0.5, 0.6) is 0 Å². The Hall–Kier alpha value is -0.0400. The van der Waals surface area contributed by atoms with E-state index >= 15 is 0 Å². The second-order valence-corrected chi connectivity index (χ2v) is 3.43. The highest BCUT2D eigenvalue weighted by molar-refractivity contribution is 4.78. The maximum atomic E-state index is 2.31. The van der Waals surface area contributed by atoms with Gasteiger partial charge in [0, 0.05) is 0 Å². The molecule has 0 atom stereocenters. The van der Waals surface area contributed by atoms with Gasteiger partial charge >= 0.3 is 0 Å². The third-order valence-corrected chi connectivity index (χ3v) is 1.68. The number of quaternary nitrogens is 1. The number of hydrogen-bond donors (Lipinski definition) is 0. The van der Waals surface area contributed by atoms with Crippen molar-refractivity contribution in [2.75, 3.05) is 26.7 Å². The third-order valence-electron chi connectivity index (χ3n) is 1.68. The minimum atomic E-state index is 1.29. The molecule has 0 N–H and O–H groups in total. The number of rotatable bonds is 2. The highest BCUT2D eigenvalue weighted by Gasteiger charge is 2.33. The summed E-state index contributed by atoms with van der Waals surface area (Å²) in [6, 6.07) is 0. The van der Waals surface area contributed by atoms with E-state index in [0.29, 0.717) is 0 Å². The molecule has 1 rings (SSSR count). The first-order valence-corrected chi connectivity index (χ1v) is 3.25. The van der Waals surface area contributed by atoms with Crippen LogP contribution in [0.1, 0.15) is 13.8 Å². The monoisotopic (exact) mass is 113 g/mol. The molecule has 48 valence electrons. The maximum Gasteiger partial charge on any atom is 0.126 e. The second kappa shape index (κ2) is 1.73. The van der Waals surface area contributed by atoms with Crippen molar-refractivity contribution >= 4 is 0 Å². The molecule has 1 aliphatic rings. The Balaban J connectivity index is 2.19. The molecule has 0 radical (unpaired) electrons. The first-order chi connectivity index (χ1) is 3.62. The van der Waals surface area contributed by atoms with Crippen molar-refractivity contribution < 1.29 is 4.48 Å². The van der Waals surface area contributed by atoms with Crippen molar-refractivity contribution in [2.24, 2.45) is 0 Å². The lowest BCUT2D eigenvalue weighted by atomic mass is 10.2. The zero-order valence-corrected chi connectivity index (χ0v) is 6.07. The number of likely N-dealkylation sites (N-methyl/N-ethyl adjacent to an activating group) is 1. The van der Waals surface area contributed by atoms with Gasteiger partial charge in [-0.3, -0.25) is 5.92 Å². The SMILES string of the molecule is C[C-](C)C[N+]1(C)CC1. The predicted molar refractivity (Wildman–Crippen MR) is 35.4 cm³/mol. The molecule has 0 aromatic rings. The van der Waals surface area contributed by atoms with Gasteiger partial charge in [0.15, 0.2) is 0 Å². The Morgan fingerprint density at radius 2 is 1.88 bits per heavy atom. The molecule has 1 heterocycles. The van der Waals surface area contributed by atoms with E-state index in [9.17, 15) is 0 Å². The summed E-state index contributed by atoms with van der Waals surface area (Å²) < 4.78 is 1.29. The summed E-state index contributed by atoms with van der Waals surface area (Å²) in [7, 11) is 2.31. The van der Waals surface area contributed by atoms with Crippen LogP contribution in [0.3, 0.4) is 0 Å². The van der Waals surface area contributed by atoms with Crippen molar-refractivity contribution in [3.63, 3.8) is 0 Å². The molecule has 8 heavy (non-hydrogen) atoms. The third kappa shape index (κ3) is 1.48. The molecule has 0 bridgehead atoms. The average molecular weight is 113 g/mol. The Morgan fingerprint density at radius 1 is 1.38 bits per heavy atom. The van der Waals surface area contributed by atoms with Gasteiger partial charge in [-0.15, -0.1) is 0 Å². The van der Waals surface area contributed by atoms with E-state index in [1.165, 1.54) is 24.1 Å². The van der Waals surface area contributed by atoms with E-state index in [0.717, 1.165) is 0 Å². The van der Waals surface area contributed by atoms with Gasteiger partial charge in [-0.05, 0) is 6.54 Å². The van der Waals surface area contributed by atoms with Crippen LogP contribution in [-0.4, -0.2) is 31.2 Å². The van der Waals surface area contributed by atoms with Crippen molar-refractivity contribution in [3.8, 4) is 0 Å². The number of hydrogen-bond acceptors (Lipinski definition) is 0. The Bertz CT molecular complexity index is 82.4. The number of nitrogens with zero attached hydrogens (tertiary/aromatic N) is 1. The molecule has 0 aromatic carbocycles. The van der Waals surface area contributed by atoms with Gasteiger partial charge in [0.2, 0.25) is 0 Å². The van der Waals surface area contributed by atoms with Crippen LogP contribution >= 0.6 is 0 Å². The van der Waals surface area contributed by atoms with Crippen molar-refractivity contribution in [1.82, 2.24) is 0 Å². The van der Waals surface area contributed by atoms with Gasteiger partial charge in [0.25, 0.3) is 0 Å². The largest absolute Gasteiger partial charge is 0.342 e. The highest BCUT2D eigenvalue weighted by Crippen LogP contribution is 2.19. The van der Waals surface area contributed by atoms with Crippen molar-refractivity contribution in [3.05, 3.63) is 5.92 Å². The van der Waals surface area contributed by atoms with Crippen LogP contribution in [0, 0.1) is 5.92 Å². The lowest BCUT2D eigenvalue weighted by molar-refractivity contribution is -0.774. The summed E-state index contributed by atoms with van der Waals surface area (Å²) in [5.74, 6) is 1.56. The molecule has 0 saturated carbocycles. The highest BCUT2D eigenvalue weighted by atomic mass is 15.4. The molecule has 1 aliphatic heterocycles. The molecule has 1 heteroatoms. The zero-order valence-electron chi connectivity index (χ0n) is 6.07. The normalized spacial score (nSPS) is 24.0. The molecule has 0 aliphatic carbocycles. The van der Waals surface area contributed by atoms with Gasteiger partial charge in [-0.2, -0.15) is 13.8 Å². The van der Waals surface area contributed by atoms with Crippen molar-refractivity contribution in [1.29, 1.82) is 0 Å². The molecular formula is C7H15N. The average Bonchev–Trinajstić information content (AvgIpc) is 2.17. The smallest absolute Gasteiger partial charge is 0.126 e. The minimum absolute atomic E-state index is 1.29. The molecule has 1 fully saturated rings. The van der Waals surface area contributed by atoms with Crippen molar-refractivity contribution in [2.45, 2.75) is 13.8 Å². The molecule has 1 saturated heterocycles. The fourth-order valence-electron chi connectivity index (χ4n) is 1.09. The summed E-state index contributed by atoms with van der Waals surface area (Å²) in [5, 5.41) is 0. The van der Waals surface area contributed by atoms with E-state index in [4.69, 9.17) is 0 Å². The molecule has 0 unspecified atom stereocenters. The van der Waals surface area contributed by atoms with Gasteiger partial charge in [0.05, 0.1) is 7.05 Å². The molecular weight excluding hydrogens is 98.1 g/mol. The summed E-state index contributed by atoms with van der Waals surface area (Å²) in [6.07, 6.45) is 0. The van der Waals surface area contributed by atoms with E-state index in [-0.39, 0.29) is 0 Å². The fourth-order valence-corrected chi connectivity index (χ4v) is 1.09. The van der Waals surface area contributed by atoms with Gasteiger partial charge < -0.3 is 4.48 Å². The zero-order chi connectivity index (χ0) is 6.20. The van der Waals surface area contributed by atoms with Gasteiger partial charge in [-0.1, -0.05) is 0 Å². The topological polar surface area (TPSA) is 0 Å². The summed E-state index contributed by atoms with van der Waals surface area (Å²) in [6.45, 7) is 8.50. The van der Waals surface area contributed by atoms with Gasteiger partial charge in [0.1, 0.15) is 13.1 Å². The molecule has 1 nitrogen and oxygen atoms in total. The predicted octanol–water partition coefficient (Wildman–Crippen LogP) is 1.06. The Labute approximate surface area is 51.9 Å². The van der Waals surface area contributed by atoms with E-state index in [1.807, 2.05) is 0 Å². The van der Waals surface area contributed by atoms with E-state index in [2.05, 4.69) is 20.9 Å². The van der Waals surface area contributed by atoms with Crippen LogP contribution in [0.25, 0.3) is 0 Å². The Kier molecular flexibility index (Phi) is 1.31. The van der Waals surface area contributed by atoms with Crippen LogP contribution in [0.2, 0.25) is 0 Å². The molecule has 0 amide bonds.